The number of amides is 2. The van der Waals surface area contributed by atoms with Crippen LogP contribution < -0.4 is 14.4 Å². The SMILES string of the molecule is Cc1ccc(S(=O)(=O)N(CC(=O)N(Cc2ccccc2F)[C@@H](Cc2ccccc2)C(=O)NC(C)C)c2ccc(Oc3ccccc3)cc2)cc1. The molecule has 0 bridgehead atoms. The van der Waals surface area contributed by atoms with Gasteiger partial charge in [0.1, 0.15) is 29.9 Å². The number of rotatable bonds is 14. The van der Waals surface area contributed by atoms with Crippen molar-refractivity contribution in [3.05, 3.63) is 156 Å². The highest BCUT2D eigenvalue weighted by Gasteiger charge is 2.35. The Morgan fingerprint density at radius 2 is 1.34 bits per heavy atom. The molecule has 50 heavy (non-hydrogen) atoms. The van der Waals surface area contributed by atoms with Gasteiger partial charge < -0.3 is 15.0 Å². The molecule has 0 spiro atoms. The molecule has 258 valence electrons. The molecule has 8 nitrogen and oxygen atoms in total. The molecule has 1 atom stereocenters. The van der Waals surface area contributed by atoms with Crippen LogP contribution in [0.25, 0.3) is 0 Å². The maximum atomic E-state index is 15.1. The van der Waals surface area contributed by atoms with E-state index < -0.39 is 40.2 Å². The summed E-state index contributed by atoms with van der Waals surface area (Å²) in [7, 11) is -4.31. The molecule has 0 aromatic heterocycles. The molecule has 1 N–H and O–H groups in total. The maximum Gasteiger partial charge on any atom is 0.264 e. The minimum Gasteiger partial charge on any atom is -0.457 e. The topological polar surface area (TPSA) is 96.0 Å². The molecule has 5 aromatic carbocycles. The standard InChI is InChI=1S/C40H40FN3O5S/c1-29(2)42-40(46)38(26-31-12-6-4-7-13-31)43(27-32-14-10-11-17-37(32)41)39(45)28-44(50(47,48)36-24-18-30(3)19-25-36)33-20-22-35(23-21-33)49-34-15-8-5-9-16-34/h4-25,29,38H,26-28H2,1-3H3,(H,42,46)/t38-/m0/s1. The first-order chi connectivity index (χ1) is 24.0. The second-order valence-electron chi connectivity index (χ2n) is 12.2. The number of halogens is 1. The van der Waals surface area contributed by atoms with E-state index in [-0.39, 0.29) is 35.2 Å². The van der Waals surface area contributed by atoms with Crippen LogP contribution in [0, 0.1) is 12.7 Å². The summed E-state index contributed by atoms with van der Waals surface area (Å²) in [4.78, 5) is 29.7. The van der Waals surface area contributed by atoms with E-state index in [0.717, 1.165) is 15.4 Å². The number of sulfonamides is 1. The van der Waals surface area contributed by atoms with Gasteiger partial charge in [-0.25, -0.2) is 12.8 Å². The molecule has 0 unspecified atom stereocenters. The van der Waals surface area contributed by atoms with Crippen LogP contribution in [0.3, 0.4) is 0 Å². The van der Waals surface area contributed by atoms with Crippen LogP contribution in [-0.4, -0.2) is 43.8 Å². The van der Waals surface area contributed by atoms with Crippen molar-refractivity contribution in [3.63, 3.8) is 0 Å². The number of anilines is 1. The van der Waals surface area contributed by atoms with Gasteiger partial charge in [-0.3, -0.25) is 13.9 Å². The van der Waals surface area contributed by atoms with E-state index >= 15 is 4.39 Å². The van der Waals surface area contributed by atoms with Gasteiger partial charge in [0, 0.05) is 24.6 Å². The van der Waals surface area contributed by atoms with Gasteiger partial charge in [0.05, 0.1) is 10.6 Å². The Labute approximate surface area is 293 Å². The molecule has 0 aliphatic rings. The van der Waals surface area contributed by atoms with Crippen molar-refractivity contribution in [1.82, 2.24) is 10.2 Å². The Balaban J connectivity index is 1.56. The van der Waals surface area contributed by atoms with E-state index in [2.05, 4.69) is 5.32 Å². The molecule has 0 heterocycles. The van der Waals surface area contributed by atoms with E-state index in [0.29, 0.717) is 11.5 Å². The van der Waals surface area contributed by atoms with E-state index in [1.807, 2.05) is 69.3 Å². The number of nitrogens with zero attached hydrogens (tertiary/aromatic N) is 2. The van der Waals surface area contributed by atoms with Gasteiger partial charge in [-0.2, -0.15) is 0 Å². The summed E-state index contributed by atoms with van der Waals surface area (Å²) in [5.74, 6) is -0.607. The molecule has 0 aliphatic heterocycles. The third-order valence-electron chi connectivity index (χ3n) is 7.99. The van der Waals surface area contributed by atoms with Crippen molar-refractivity contribution in [2.75, 3.05) is 10.8 Å². The highest BCUT2D eigenvalue weighted by atomic mass is 32.2. The quantitative estimate of drug-likeness (QED) is 0.132. The number of carbonyl (C=O) groups excluding carboxylic acids is 2. The molecule has 0 radical (unpaired) electrons. The number of benzene rings is 5. The third kappa shape index (κ3) is 9.15. The average Bonchev–Trinajstić information content (AvgIpc) is 3.10. The normalized spacial score (nSPS) is 11.9. The zero-order valence-corrected chi connectivity index (χ0v) is 29.0. The van der Waals surface area contributed by atoms with Gasteiger partial charge in [0.15, 0.2) is 0 Å². The van der Waals surface area contributed by atoms with E-state index in [9.17, 15) is 18.0 Å². The van der Waals surface area contributed by atoms with Crippen LogP contribution in [0.5, 0.6) is 11.5 Å². The third-order valence-corrected chi connectivity index (χ3v) is 9.78. The van der Waals surface area contributed by atoms with E-state index in [1.54, 1.807) is 66.7 Å². The highest BCUT2D eigenvalue weighted by molar-refractivity contribution is 7.92. The van der Waals surface area contributed by atoms with Crippen LogP contribution in [0.1, 0.15) is 30.5 Å². The van der Waals surface area contributed by atoms with Gasteiger partial charge in [0.25, 0.3) is 10.0 Å². The number of nitrogens with one attached hydrogen (secondary N) is 1. The van der Waals surface area contributed by atoms with E-state index in [4.69, 9.17) is 4.74 Å². The minimum atomic E-state index is -4.31. The first-order valence-corrected chi connectivity index (χ1v) is 17.7. The molecule has 0 saturated heterocycles. The Morgan fingerprint density at radius 3 is 1.96 bits per heavy atom. The molecule has 0 aliphatic carbocycles. The summed E-state index contributed by atoms with van der Waals surface area (Å²) in [6.45, 7) is 4.53. The van der Waals surface area contributed by atoms with Gasteiger partial charge >= 0.3 is 0 Å². The summed E-state index contributed by atoms with van der Waals surface area (Å²) in [6, 6.07) is 35.7. The van der Waals surface area contributed by atoms with Crippen LogP contribution in [0.4, 0.5) is 10.1 Å². The van der Waals surface area contributed by atoms with Crippen LogP contribution in [-0.2, 0) is 32.6 Å². The number of hydrogen-bond acceptors (Lipinski definition) is 5. The second kappa shape index (κ2) is 16.3. The summed E-state index contributed by atoms with van der Waals surface area (Å²) in [6.07, 6.45) is 0.121. The fourth-order valence-corrected chi connectivity index (χ4v) is 6.83. The summed E-state index contributed by atoms with van der Waals surface area (Å²) in [5.41, 5.74) is 2.04. The Kier molecular flexibility index (Phi) is 11.7. The smallest absolute Gasteiger partial charge is 0.264 e. The van der Waals surface area contributed by atoms with Crippen molar-refractivity contribution in [2.45, 2.75) is 50.7 Å². The van der Waals surface area contributed by atoms with Crippen molar-refractivity contribution in [1.29, 1.82) is 0 Å². The van der Waals surface area contributed by atoms with Gasteiger partial charge in [0.2, 0.25) is 11.8 Å². The van der Waals surface area contributed by atoms with E-state index in [1.165, 1.54) is 23.1 Å². The number of ether oxygens (including phenoxy) is 1. The monoisotopic (exact) mass is 693 g/mol. The van der Waals surface area contributed by atoms with Crippen LogP contribution in [0.2, 0.25) is 0 Å². The predicted octanol–water partition coefficient (Wildman–Crippen LogP) is 7.29. The molecule has 0 saturated carbocycles. The largest absolute Gasteiger partial charge is 0.457 e. The zero-order chi connectivity index (χ0) is 35.7. The summed E-state index contributed by atoms with van der Waals surface area (Å²) in [5, 5.41) is 2.90. The predicted molar refractivity (Wildman–Crippen MR) is 193 cm³/mol. The van der Waals surface area contributed by atoms with Crippen LogP contribution in [0.15, 0.2) is 138 Å². The molecule has 5 aromatic rings. The minimum absolute atomic E-state index is 0.0143. The Bertz CT molecular complexity index is 1990. The van der Waals surface area contributed by atoms with Crippen molar-refractivity contribution in [3.8, 4) is 11.5 Å². The highest BCUT2D eigenvalue weighted by Crippen LogP contribution is 2.29. The summed E-state index contributed by atoms with van der Waals surface area (Å²) < 4.78 is 50.7. The van der Waals surface area contributed by atoms with Crippen LogP contribution >= 0.6 is 0 Å². The van der Waals surface area contributed by atoms with Gasteiger partial charge in [-0.15, -0.1) is 0 Å². The molecular formula is C40H40FN3O5S. The van der Waals surface area contributed by atoms with Gasteiger partial charge in [-0.1, -0.05) is 84.4 Å². The first-order valence-electron chi connectivity index (χ1n) is 16.3. The number of carbonyl (C=O) groups is 2. The van der Waals surface area contributed by atoms with Crippen molar-refractivity contribution >= 4 is 27.5 Å². The summed E-state index contributed by atoms with van der Waals surface area (Å²) >= 11 is 0. The molecule has 5 rings (SSSR count). The lowest BCUT2D eigenvalue weighted by molar-refractivity contribution is -0.140. The number of hydrogen-bond donors (Lipinski definition) is 1. The molecule has 0 fully saturated rings. The lowest BCUT2D eigenvalue weighted by Crippen LogP contribution is -2.54. The Morgan fingerprint density at radius 1 is 0.760 bits per heavy atom. The number of para-hydroxylation sites is 1. The fraction of sp³-hybridized carbons (Fsp3) is 0.200. The second-order valence-corrected chi connectivity index (χ2v) is 14.1. The number of aryl methyl sites for hydroxylation is 1. The molecule has 10 heteroatoms. The fourth-order valence-electron chi connectivity index (χ4n) is 5.42. The van der Waals surface area contributed by atoms with Gasteiger partial charge in [-0.05, 0) is 80.9 Å². The molecular weight excluding hydrogens is 654 g/mol. The maximum absolute atomic E-state index is 15.1. The lowest BCUT2D eigenvalue weighted by Gasteiger charge is -2.34. The van der Waals surface area contributed by atoms with Crippen molar-refractivity contribution in [2.24, 2.45) is 0 Å². The lowest BCUT2D eigenvalue weighted by atomic mass is 10.0. The first kappa shape index (κ1) is 35.8. The Hall–Kier alpha value is -5.48. The zero-order valence-electron chi connectivity index (χ0n) is 28.2. The average molecular weight is 694 g/mol. The molecule has 2 amide bonds. The van der Waals surface area contributed by atoms with Crippen molar-refractivity contribution < 1.29 is 27.1 Å².